The largest absolute Gasteiger partial charge is 0.472 e. The number of carbonyl (C=O) groups is 4. The maximum absolute atomic E-state index is 12.8. The predicted octanol–water partition coefficient (Wildman–Crippen LogP) is 12.1. The Morgan fingerprint density at radius 3 is 0.868 bits per heavy atom. The Labute approximate surface area is 409 Å². The van der Waals surface area contributed by atoms with Gasteiger partial charge in [0.05, 0.1) is 26.4 Å². The number of phosphoric acid groups is 2. The van der Waals surface area contributed by atoms with Crippen molar-refractivity contribution in [2.75, 3.05) is 39.6 Å². The van der Waals surface area contributed by atoms with Crippen molar-refractivity contribution in [2.24, 2.45) is 0 Å². The van der Waals surface area contributed by atoms with Crippen LogP contribution in [-0.4, -0.2) is 96.7 Å². The predicted molar refractivity (Wildman–Crippen MR) is 262 cm³/mol. The molecule has 5 atom stereocenters. The molecule has 3 N–H and O–H groups in total. The monoisotopic (exact) mass is 1020 g/mol. The van der Waals surface area contributed by atoms with Crippen LogP contribution < -0.4 is 0 Å². The number of phosphoric ester groups is 2. The van der Waals surface area contributed by atoms with Crippen molar-refractivity contribution in [1.82, 2.24) is 0 Å². The van der Waals surface area contributed by atoms with E-state index < -0.39 is 97.5 Å². The molecular weight excluding hydrogens is 922 g/mol. The number of hydrogen-bond donors (Lipinski definition) is 3. The molecule has 0 aliphatic rings. The Morgan fingerprint density at radius 2 is 0.588 bits per heavy atom. The first kappa shape index (κ1) is 66.1. The summed E-state index contributed by atoms with van der Waals surface area (Å²) >= 11 is 0. The minimum absolute atomic E-state index is 0.0988. The average Bonchev–Trinajstić information content (AvgIpc) is 3.30. The lowest BCUT2D eigenvalue weighted by molar-refractivity contribution is -0.161. The Bertz CT molecular complexity index is 1350. The number of ether oxygens (including phenoxy) is 4. The Morgan fingerprint density at radius 1 is 0.353 bits per heavy atom. The molecule has 0 rings (SSSR count). The zero-order valence-electron chi connectivity index (χ0n) is 42.6. The highest BCUT2D eigenvalue weighted by atomic mass is 31.2. The number of hydrogen-bond acceptors (Lipinski definition) is 15. The highest BCUT2D eigenvalue weighted by Crippen LogP contribution is 2.45. The summed E-state index contributed by atoms with van der Waals surface area (Å²) in [4.78, 5) is 70.7. The minimum atomic E-state index is -4.92. The normalized spacial score (nSPS) is 14.6. The molecule has 0 fully saturated rings. The summed E-state index contributed by atoms with van der Waals surface area (Å²) in [5.74, 6) is -2.19. The number of aliphatic hydroxyl groups is 1. The molecule has 0 aliphatic heterocycles. The summed E-state index contributed by atoms with van der Waals surface area (Å²) in [6.45, 7) is 4.51. The van der Waals surface area contributed by atoms with Crippen molar-refractivity contribution in [3.63, 3.8) is 0 Å². The van der Waals surface area contributed by atoms with E-state index in [-0.39, 0.29) is 25.7 Å². The highest BCUT2D eigenvalue weighted by molar-refractivity contribution is 7.47. The van der Waals surface area contributed by atoms with Crippen LogP contribution in [-0.2, 0) is 65.4 Å². The van der Waals surface area contributed by atoms with Gasteiger partial charge in [-0.1, -0.05) is 182 Å². The fourth-order valence-electron chi connectivity index (χ4n) is 6.98. The lowest BCUT2D eigenvalue weighted by Crippen LogP contribution is -2.30. The topological polar surface area (TPSA) is 237 Å². The smallest absolute Gasteiger partial charge is 0.462 e. The Hall–Kier alpha value is -1.94. The van der Waals surface area contributed by atoms with Crippen LogP contribution in [0.1, 0.15) is 233 Å². The lowest BCUT2D eigenvalue weighted by Gasteiger charge is -2.21. The van der Waals surface area contributed by atoms with Crippen LogP contribution >= 0.6 is 15.6 Å². The lowest BCUT2D eigenvalue weighted by atomic mass is 10.0. The van der Waals surface area contributed by atoms with Gasteiger partial charge in [-0.2, -0.15) is 0 Å². The fourth-order valence-corrected chi connectivity index (χ4v) is 8.56. The van der Waals surface area contributed by atoms with Crippen LogP contribution in [0, 0.1) is 0 Å². The zero-order chi connectivity index (χ0) is 50.6. The molecule has 0 aliphatic carbocycles. The molecule has 0 aromatic rings. The first-order chi connectivity index (χ1) is 32.7. The summed E-state index contributed by atoms with van der Waals surface area (Å²) < 4.78 is 66.7. The molecule has 0 saturated carbocycles. The van der Waals surface area contributed by atoms with Gasteiger partial charge in [-0.05, 0) is 25.7 Å². The second kappa shape index (κ2) is 45.0. The van der Waals surface area contributed by atoms with Crippen LogP contribution in [0.5, 0.6) is 0 Å². The summed E-state index contributed by atoms with van der Waals surface area (Å²) in [5.41, 5.74) is 0. The van der Waals surface area contributed by atoms with Crippen LogP contribution in [0.2, 0.25) is 0 Å². The van der Waals surface area contributed by atoms with Crippen molar-refractivity contribution < 1.29 is 80.2 Å². The molecule has 19 heteroatoms. The van der Waals surface area contributed by atoms with E-state index in [0.717, 1.165) is 103 Å². The third-order valence-corrected chi connectivity index (χ3v) is 13.0. The highest BCUT2D eigenvalue weighted by Gasteiger charge is 2.30. The van der Waals surface area contributed by atoms with Crippen LogP contribution in [0.15, 0.2) is 0 Å². The first-order valence-corrected chi connectivity index (χ1v) is 29.3. The van der Waals surface area contributed by atoms with Gasteiger partial charge in [0.25, 0.3) is 0 Å². The van der Waals surface area contributed by atoms with Crippen molar-refractivity contribution in [3.8, 4) is 0 Å². The van der Waals surface area contributed by atoms with E-state index in [4.69, 9.17) is 37.0 Å². The maximum atomic E-state index is 12.8. The Balaban J connectivity index is 5.07. The molecular formula is C49H94O17P2. The fraction of sp³-hybridized carbons (Fsp3) is 0.918. The molecule has 0 radical (unpaired) electrons. The third kappa shape index (κ3) is 44.0. The van der Waals surface area contributed by atoms with Crippen LogP contribution in [0.3, 0.4) is 0 Å². The molecule has 17 nitrogen and oxygen atoms in total. The zero-order valence-corrected chi connectivity index (χ0v) is 44.3. The first-order valence-electron chi connectivity index (χ1n) is 26.3. The molecule has 402 valence electrons. The summed E-state index contributed by atoms with van der Waals surface area (Å²) in [5, 5.41) is 10.4. The molecule has 0 amide bonds. The molecule has 68 heavy (non-hydrogen) atoms. The van der Waals surface area contributed by atoms with Gasteiger partial charge < -0.3 is 33.8 Å². The third-order valence-electron chi connectivity index (χ3n) is 11.1. The summed E-state index contributed by atoms with van der Waals surface area (Å²) in [7, 11) is -9.83. The van der Waals surface area contributed by atoms with E-state index in [1.807, 2.05) is 0 Å². The van der Waals surface area contributed by atoms with Crippen molar-refractivity contribution in [2.45, 2.75) is 251 Å². The van der Waals surface area contributed by atoms with Crippen molar-refractivity contribution in [1.29, 1.82) is 0 Å². The van der Waals surface area contributed by atoms with E-state index in [1.54, 1.807) is 0 Å². The summed E-state index contributed by atoms with van der Waals surface area (Å²) in [6.07, 6.45) is 25.0. The number of unbranched alkanes of at least 4 members (excludes halogenated alkanes) is 24. The minimum Gasteiger partial charge on any atom is -0.462 e. The van der Waals surface area contributed by atoms with Gasteiger partial charge in [0.15, 0.2) is 12.2 Å². The summed E-state index contributed by atoms with van der Waals surface area (Å²) in [6, 6.07) is 0. The van der Waals surface area contributed by atoms with Crippen molar-refractivity contribution >= 4 is 39.5 Å². The van der Waals surface area contributed by atoms with Crippen LogP contribution in [0.25, 0.3) is 0 Å². The van der Waals surface area contributed by atoms with Gasteiger partial charge in [0, 0.05) is 25.7 Å². The van der Waals surface area contributed by atoms with Gasteiger partial charge in [0.2, 0.25) is 0 Å². The second-order valence-electron chi connectivity index (χ2n) is 17.8. The van der Waals surface area contributed by atoms with E-state index in [2.05, 4.69) is 27.7 Å². The van der Waals surface area contributed by atoms with Gasteiger partial charge in [-0.15, -0.1) is 0 Å². The standard InChI is InChI=1S/C49H94O17P2/c1-5-9-13-17-18-19-20-21-22-23-24-28-32-36-49(54)66-45(40-60-47(52)34-30-26-15-11-7-3)42-64-68(57,58)62-38-43(50)37-61-67(55,56)63-41-44(65-48(53)35-31-27-16-12-8-4)39-59-46(51)33-29-25-14-10-6-2/h43-45,50H,5-42H2,1-4H3,(H,55,56)(H,57,58)/t43-,44+,45+/m0/s1. The molecule has 0 heterocycles. The number of rotatable bonds is 50. The van der Waals surface area contributed by atoms with E-state index in [1.165, 1.54) is 51.4 Å². The molecule has 0 bridgehead atoms. The Kier molecular flexibility index (Phi) is 43.7. The van der Waals surface area contributed by atoms with Gasteiger partial charge in [-0.25, -0.2) is 9.13 Å². The van der Waals surface area contributed by atoms with E-state index in [9.17, 15) is 43.2 Å². The van der Waals surface area contributed by atoms with Gasteiger partial charge in [0.1, 0.15) is 19.3 Å². The average molecular weight is 1020 g/mol. The number of aliphatic hydroxyl groups excluding tert-OH is 1. The van der Waals surface area contributed by atoms with E-state index >= 15 is 0 Å². The maximum Gasteiger partial charge on any atom is 0.472 e. The second-order valence-corrected chi connectivity index (χ2v) is 20.8. The SMILES string of the molecule is CCCCCCCCCCCCCCCC(=O)O[C@H](COC(=O)CCCCCCC)COP(=O)(O)OC[C@@H](O)COP(=O)(O)OC[C@@H](COC(=O)CCCCCCC)OC(=O)CCCCCCC. The van der Waals surface area contributed by atoms with Crippen LogP contribution in [0.4, 0.5) is 0 Å². The quantitative estimate of drug-likeness (QED) is 0.0222. The molecule has 0 aromatic carbocycles. The molecule has 0 aromatic heterocycles. The van der Waals surface area contributed by atoms with Gasteiger partial charge >= 0.3 is 39.5 Å². The van der Waals surface area contributed by atoms with Gasteiger partial charge in [-0.3, -0.25) is 37.3 Å². The number of carbonyl (C=O) groups excluding carboxylic acids is 4. The number of esters is 4. The molecule has 0 spiro atoms. The molecule has 2 unspecified atom stereocenters. The van der Waals surface area contributed by atoms with Crippen molar-refractivity contribution in [3.05, 3.63) is 0 Å². The molecule has 0 saturated heterocycles. The van der Waals surface area contributed by atoms with E-state index in [0.29, 0.717) is 25.7 Å².